The van der Waals surface area contributed by atoms with Gasteiger partial charge in [0.25, 0.3) is 5.91 Å². The van der Waals surface area contributed by atoms with Crippen molar-refractivity contribution in [3.8, 4) is 0 Å². The van der Waals surface area contributed by atoms with E-state index in [1.54, 1.807) is 29.4 Å². The van der Waals surface area contributed by atoms with Crippen LogP contribution in [-0.4, -0.2) is 17.4 Å². The fourth-order valence-corrected chi connectivity index (χ4v) is 3.17. The summed E-state index contributed by atoms with van der Waals surface area (Å²) < 4.78 is 0. The van der Waals surface area contributed by atoms with Gasteiger partial charge >= 0.3 is 0 Å². The Hall–Kier alpha value is -1.91. The van der Waals surface area contributed by atoms with Crippen molar-refractivity contribution in [1.29, 1.82) is 0 Å². The van der Waals surface area contributed by atoms with Gasteiger partial charge in [-0.3, -0.25) is 9.78 Å². The first-order valence-electron chi connectivity index (χ1n) is 7.42. The third-order valence-electron chi connectivity index (χ3n) is 4.55. The molecule has 2 N–H and O–H groups in total. The number of nitrogens with two attached hydrogens (primary N) is 1. The van der Waals surface area contributed by atoms with Crippen LogP contribution in [0.3, 0.4) is 0 Å². The maximum atomic E-state index is 12.7. The number of rotatable bonds is 2. The number of benzene rings is 1. The Kier molecular flexibility index (Phi) is 2.99. The second-order valence-corrected chi connectivity index (χ2v) is 6.53. The largest absolute Gasteiger partial charge is 0.321 e. The smallest absolute Gasteiger partial charge is 0.258 e. The Morgan fingerprint density at radius 1 is 1.23 bits per heavy atom. The lowest BCUT2D eigenvalue weighted by Crippen LogP contribution is -2.38. The van der Waals surface area contributed by atoms with E-state index in [1.807, 2.05) is 12.1 Å². The summed E-state index contributed by atoms with van der Waals surface area (Å²) in [6, 6.07) is 7.43. The van der Waals surface area contributed by atoms with Crippen LogP contribution in [0, 0.1) is 0 Å². The molecule has 1 aromatic carbocycles. The molecule has 5 heteroatoms. The van der Waals surface area contributed by atoms with E-state index in [0.717, 1.165) is 41.6 Å². The number of nitrogens with zero attached hydrogens (tertiary/aromatic N) is 2. The maximum absolute atomic E-state index is 12.7. The molecule has 2 heterocycles. The van der Waals surface area contributed by atoms with Crippen molar-refractivity contribution in [2.45, 2.75) is 24.8 Å². The van der Waals surface area contributed by atoms with Gasteiger partial charge in [-0.1, -0.05) is 11.6 Å². The van der Waals surface area contributed by atoms with E-state index in [2.05, 4.69) is 4.98 Å². The average molecular weight is 314 g/mol. The molecule has 0 bridgehead atoms. The van der Waals surface area contributed by atoms with E-state index >= 15 is 0 Å². The van der Waals surface area contributed by atoms with Crippen molar-refractivity contribution in [2.75, 3.05) is 11.4 Å². The number of fused-ring (bicyclic) bond motifs is 1. The highest BCUT2D eigenvalue weighted by atomic mass is 35.5. The quantitative estimate of drug-likeness (QED) is 0.927. The number of hydrogen-bond donors (Lipinski definition) is 1. The third-order valence-corrected chi connectivity index (χ3v) is 4.78. The molecular weight excluding hydrogens is 298 g/mol. The number of pyridine rings is 1. The number of hydrogen-bond acceptors (Lipinski definition) is 3. The van der Waals surface area contributed by atoms with Crippen LogP contribution in [0.2, 0.25) is 5.02 Å². The molecule has 4 nitrogen and oxygen atoms in total. The standard InChI is InChI=1S/C17H16ClN3O/c18-13-1-2-15-11(7-13)3-6-21(16(15)22)14-8-12(9-20-10-14)17(19)4-5-17/h1-2,7-10H,3-6,19H2. The van der Waals surface area contributed by atoms with Crippen molar-refractivity contribution in [3.05, 3.63) is 58.4 Å². The van der Waals surface area contributed by atoms with Crippen LogP contribution >= 0.6 is 11.6 Å². The Balaban J connectivity index is 1.69. The van der Waals surface area contributed by atoms with E-state index in [0.29, 0.717) is 11.6 Å². The first kappa shape index (κ1) is 13.7. The molecule has 112 valence electrons. The Morgan fingerprint density at radius 2 is 2.05 bits per heavy atom. The normalized spacial score (nSPS) is 19.0. The highest BCUT2D eigenvalue weighted by molar-refractivity contribution is 6.30. The van der Waals surface area contributed by atoms with Gasteiger partial charge in [0.15, 0.2) is 0 Å². The zero-order valence-electron chi connectivity index (χ0n) is 12.1. The minimum absolute atomic E-state index is 0.00117. The first-order chi connectivity index (χ1) is 10.6. The summed E-state index contributed by atoms with van der Waals surface area (Å²) in [5, 5.41) is 0.669. The summed E-state index contributed by atoms with van der Waals surface area (Å²) in [7, 11) is 0. The van der Waals surface area contributed by atoms with E-state index in [1.165, 1.54) is 0 Å². The van der Waals surface area contributed by atoms with E-state index in [-0.39, 0.29) is 11.4 Å². The summed E-state index contributed by atoms with van der Waals surface area (Å²) in [6.45, 7) is 0.634. The van der Waals surface area contributed by atoms with Gasteiger partial charge in [-0.2, -0.15) is 0 Å². The van der Waals surface area contributed by atoms with Crippen LogP contribution in [0.5, 0.6) is 0 Å². The Morgan fingerprint density at radius 3 is 2.82 bits per heavy atom. The Labute approximate surface area is 133 Å². The predicted molar refractivity (Wildman–Crippen MR) is 86.2 cm³/mol. The van der Waals surface area contributed by atoms with Crippen LogP contribution in [0.15, 0.2) is 36.7 Å². The highest BCUT2D eigenvalue weighted by Gasteiger charge is 2.40. The van der Waals surface area contributed by atoms with Crippen molar-refractivity contribution in [1.82, 2.24) is 4.98 Å². The Bertz CT molecular complexity index is 770. The van der Waals surface area contributed by atoms with Crippen LogP contribution in [0.1, 0.15) is 34.3 Å². The molecule has 0 atom stereocenters. The SMILES string of the molecule is NC1(c2cncc(N3CCc4cc(Cl)ccc4C3=O)c2)CC1. The van der Waals surface area contributed by atoms with Gasteiger partial charge in [-0.05, 0) is 54.7 Å². The lowest BCUT2D eigenvalue weighted by Gasteiger charge is -2.29. The second-order valence-electron chi connectivity index (χ2n) is 6.10. The topological polar surface area (TPSA) is 59.2 Å². The van der Waals surface area contributed by atoms with Crippen LogP contribution in [0.4, 0.5) is 5.69 Å². The third kappa shape index (κ3) is 2.19. The number of anilines is 1. The van der Waals surface area contributed by atoms with Gasteiger partial charge in [0, 0.05) is 28.9 Å². The zero-order valence-corrected chi connectivity index (χ0v) is 12.8. The van der Waals surface area contributed by atoms with E-state index in [4.69, 9.17) is 17.3 Å². The molecule has 1 aromatic heterocycles. The highest BCUT2D eigenvalue weighted by Crippen LogP contribution is 2.43. The molecule has 0 spiro atoms. The first-order valence-corrected chi connectivity index (χ1v) is 7.79. The van der Waals surface area contributed by atoms with E-state index in [9.17, 15) is 4.79 Å². The van der Waals surface area contributed by atoms with Crippen molar-refractivity contribution < 1.29 is 4.79 Å². The molecule has 0 unspecified atom stereocenters. The van der Waals surface area contributed by atoms with Gasteiger partial charge in [0.2, 0.25) is 0 Å². The summed E-state index contributed by atoms with van der Waals surface area (Å²) in [5.41, 5.74) is 9.55. The molecule has 1 amide bonds. The number of amides is 1. The van der Waals surface area contributed by atoms with E-state index < -0.39 is 0 Å². The number of carbonyl (C=O) groups excluding carboxylic acids is 1. The van der Waals surface area contributed by atoms with Crippen LogP contribution in [-0.2, 0) is 12.0 Å². The molecule has 2 aromatic rings. The zero-order chi connectivity index (χ0) is 15.3. The summed E-state index contributed by atoms with van der Waals surface area (Å²) in [4.78, 5) is 18.8. The fraction of sp³-hybridized carbons (Fsp3) is 0.294. The minimum atomic E-state index is -0.243. The molecular formula is C17H16ClN3O. The molecule has 1 aliphatic carbocycles. The number of halogens is 1. The molecule has 4 rings (SSSR count). The molecule has 0 saturated heterocycles. The second kappa shape index (κ2) is 4.80. The summed E-state index contributed by atoms with van der Waals surface area (Å²) in [6.07, 6.45) is 6.28. The molecule has 1 aliphatic heterocycles. The molecule has 0 radical (unpaired) electrons. The van der Waals surface area contributed by atoms with Gasteiger partial charge in [0.05, 0.1) is 11.9 Å². The maximum Gasteiger partial charge on any atom is 0.258 e. The van der Waals surface area contributed by atoms with Crippen LogP contribution < -0.4 is 10.6 Å². The van der Waals surface area contributed by atoms with Crippen molar-refractivity contribution >= 4 is 23.2 Å². The molecule has 1 fully saturated rings. The number of aromatic nitrogens is 1. The molecule has 22 heavy (non-hydrogen) atoms. The summed E-state index contributed by atoms with van der Waals surface area (Å²) >= 11 is 6.01. The lowest BCUT2D eigenvalue weighted by atomic mass is 9.98. The minimum Gasteiger partial charge on any atom is -0.321 e. The van der Waals surface area contributed by atoms with Crippen molar-refractivity contribution in [2.24, 2.45) is 5.73 Å². The lowest BCUT2D eigenvalue weighted by molar-refractivity contribution is 0.0980. The van der Waals surface area contributed by atoms with Gasteiger partial charge in [0.1, 0.15) is 0 Å². The monoisotopic (exact) mass is 313 g/mol. The van der Waals surface area contributed by atoms with Crippen LogP contribution in [0.25, 0.3) is 0 Å². The average Bonchev–Trinajstić information content (AvgIpc) is 3.27. The molecule has 2 aliphatic rings. The predicted octanol–water partition coefficient (Wildman–Crippen LogP) is 2.89. The molecule has 1 saturated carbocycles. The number of carbonyl (C=O) groups is 1. The van der Waals surface area contributed by atoms with Crippen molar-refractivity contribution in [3.63, 3.8) is 0 Å². The van der Waals surface area contributed by atoms with Gasteiger partial charge in [-0.25, -0.2) is 0 Å². The van der Waals surface area contributed by atoms with Gasteiger partial charge in [-0.15, -0.1) is 0 Å². The fourth-order valence-electron chi connectivity index (χ4n) is 2.97. The summed E-state index contributed by atoms with van der Waals surface area (Å²) in [5.74, 6) is -0.00117. The van der Waals surface area contributed by atoms with Gasteiger partial charge < -0.3 is 10.6 Å².